The number of fused-ring (bicyclic) bond motifs is 1. The van der Waals surface area contributed by atoms with Crippen molar-refractivity contribution in [3.05, 3.63) is 83.2 Å². The van der Waals surface area contributed by atoms with Crippen molar-refractivity contribution in [2.45, 2.75) is 39.3 Å². The van der Waals surface area contributed by atoms with E-state index in [9.17, 15) is 4.79 Å². The topological polar surface area (TPSA) is 74.6 Å². The number of para-hydroxylation sites is 2. The van der Waals surface area contributed by atoms with Gasteiger partial charge in [-0.15, -0.1) is 0 Å². The van der Waals surface area contributed by atoms with Crippen LogP contribution in [0.25, 0.3) is 11.0 Å². The van der Waals surface area contributed by atoms with Crippen molar-refractivity contribution in [3.8, 4) is 17.2 Å². The molecule has 1 aromatic heterocycles. The Hall–Kier alpha value is -4.00. The standard InChI is InChI=1S/C29H33N3O4/c1-6-19(2)21-13-11-20(12-14-21)18-32-24-10-8-7-9-23(24)31-27(32)17-30-29(33)22-15-25(34-3)28(36-5)26(16-22)35-4/h7-16,19H,6,17-18H2,1-5H3,(H,30,33). The first-order valence-corrected chi connectivity index (χ1v) is 12.1. The summed E-state index contributed by atoms with van der Waals surface area (Å²) in [6.07, 6.45) is 1.11. The highest BCUT2D eigenvalue weighted by atomic mass is 16.5. The van der Waals surface area contributed by atoms with Crippen molar-refractivity contribution in [1.29, 1.82) is 0 Å². The summed E-state index contributed by atoms with van der Waals surface area (Å²) < 4.78 is 18.3. The normalized spacial score (nSPS) is 11.8. The van der Waals surface area contributed by atoms with Crippen molar-refractivity contribution in [2.24, 2.45) is 0 Å². The molecule has 0 aliphatic rings. The van der Waals surface area contributed by atoms with E-state index in [4.69, 9.17) is 19.2 Å². The molecule has 0 radical (unpaired) electrons. The largest absolute Gasteiger partial charge is 0.493 e. The van der Waals surface area contributed by atoms with Crippen molar-refractivity contribution in [3.63, 3.8) is 0 Å². The Morgan fingerprint density at radius 2 is 1.64 bits per heavy atom. The number of carbonyl (C=O) groups is 1. The summed E-state index contributed by atoms with van der Waals surface area (Å²) >= 11 is 0. The predicted molar refractivity (Wildman–Crippen MR) is 141 cm³/mol. The van der Waals surface area contributed by atoms with E-state index < -0.39 is 0 Å². The number of nitrogens with one attached hydrogen (secondary N) is 1. The van der Waals surface area contributed by atoms with Crippen LogP contribution < -0.4 is 19.5 Å². The monoisotopic (exact) mass is 487 g/mol. The van der Waals surface area contributed by atoms with Gasteiger partial charge in [-0.1, -0.05) is 50.2 Å². The van der Waals surface area contributed by atoms with Crippen LogP contribution in [0.5, 0.6) is 17.2 Å². The fraction of sp³-hybridized carbons (Fsp3) is 0.310. The lowest BCUT2D eigenvalue weighted by molar-refractivity contribution is 0.0948. The molecule has 1 amide bonds. The summed E-state index contributed by atoms with van der Waals surface area (Å²) in [6, 6.07) is 20.1. The van der Waals surface area contributed by atoms with Crippen LogP contribution in [0.4, 0.5) is 0 Å². The predicted octanol–water partition coefficient (Wildman–Crippen LogP) is 5.55. The van der Waals surface area contributed by atoms with Crippen LogP contribution in [-0.4, -0.2) is 36.8 Å². The zero-order valence-corrected chi connectivity index (χ0v) is 21.5. The zero-order valence-electron chi connectivity index (χ0n) is 21.5. The highest BCUT2D eigenvalue weighted by Gasteiger charge is 2.18. The molecule has 1 unspecified atom stereocenters. The van der Waals surface area contributed by atoms with Gasteiger partial charge in [0.2, 0.25) is 5.75 Å². The van der Waals surface area contributed by atoms with E-state index in [1.807, 2.05) is 18.2 Å². The van der Waals surface area contributed by atoms with E-state index in [0.29, 0.717) is 35.3 Å². The molecule has 1 heterocycles. The molecule has 4 aromatic rings. The quantitative estimate of drug-likeness (QED) is 0.317. The number of carbonyl (C=O) groups excluding carboxylic acids is 1. The van der Waals surface area contributed by atoms with Crippen LogP contribution >= 0.6 is 0 Å². The van der Waals surface area contributed by atoms with Gasteiger partial charge in [0, 0.05) is 12.1 Å². The van der Waals surface area contributed by atoms with Gasteiger partial charge in [0.05, 0.1) is 38.9 Å². The minimum atomic E-state index is -0.259. The number of nitrogens with zero attached hydrogens (tertiary/aromatic N) is 2. The summed E-state index contributed by atoms with van der Waals surface area (Å²) in [5.41, 5.74) is 4.86. The number of hydrogen-bond donors (Lipinski definition) is 1. The highest BCUT2D eigenvalue weighted by Crippen LogP contribution is 2.38. The highest BCUT2D eigenvalue weighted by molar-refractivity contribution is 5.95. The van der Waals surface area contributed by atoms with Crippen LogP contribution in [0.15, 0.2) is 60.7 Å². The third-order valence-electron chi connectivity index (χ3n) is 6.57. The van der Waals surface area contributed by atoms with Crippen LogP contribution in [0, 0.1) is 0 Å². The van der Waals surface area contributed by atoms with Crippen LogP contribution in [0.1, 0.15) is 53.5 Å². The average molecular weight is 488 g/mol. The Balaban J connectivity index is 1.59. The lowest BCUT2D eigenvalue weighted by Gasteiger charge is -2.15. The van der Waals surface area contributed by atoms with Gasteiger partial charge in [0.25, 0.3) is 5.91 Å². The fourth-order valence-corrected chi connectivity index (χ4v) is 4.28. The van der Waals surface area contributed by atoms with Crippen molar-refractivity contribution in [2.75, 3.05) is 21.3 Å². The second-order valence-corrected chi connectivity index (χ2v) is 8.75. The van der Waals surface area contributed by atoms with Gasteiger partial charge in [0.15, 0.2) is 11.5 Å². The molecular weight excluding hydrogens is 454 g/mol. The number of imidazole rings is 1. The summed E-state index contributed by atoms with van der Waals surface area (Å²) in [7, 11) is 4.58. The SMILES string of the molecule is CCC(C)c1ccc(Cn2c(CNC(=O)c3cc(OC)c(OC)c(OC)c3)nc3ccccc32)cc1. The molecule has 3 aromatic carbocycles. The molecule has 1 atom stereocenters. The Labute approximate surface area is 212 Å². The maximum atomic E-state index is 13.1. The van der Waals surface area contributed by atoms with Crippen molar-refractivity contribution < 1.29 is 19.0 Å². The zero-order chi connectivity index (χ0) is 25.7. The second-order valence-electron chi connectivity index (χ2n) is 8.75. The van der Waals surface area contributed by atoms with E-state index in [2.05, 4.69) is 54.1 Å². The van der Waals surface area contributed by atoms with Crippen LogP contribution in [0.3, 0.4) is 0 Å². The Morgan fingerprint density at radius 1 is 0.972 bits per heavy atom. The molecule has 188 valence electrons. The van der Waals surface area contributed by atoms with Gasteiger partial charge in [-0.05, 0) is 47.7 Å². The number of methoxy groups -OCH3 is 3. The van der Waals surface area contributed by atoms with Gasteiger partial charge in [-0.2, -0.15) is 0 Å². The second kappa shape index (κ2) is 11.2. The molecule has 0 aliphatic heterocycles. The molecule has 0 saturated carbocycles. The third-order valence-corrected chi connectivity index (χ3v) is 6.57. The number of rotatable bonds is 10. The molecule has 0 saturated heterocycles. The van der Waals surface area contributed by atoms with Gasteiger partial charge in [0.1, 0.15) is 5.82 Å². The molecule has 7 heteroatoms. The molecule has 0 spiro atoms. The van der Waals surface area contributed by atoms with E-state index in [1.165, 1.54) is 32.5 Å². The van der Waals surface area contributed by atoms with Gasteiger partial charge < -0.3 is 24.1 Å². The summed E-state index contributed by atoms with van der Waals surface area (Å²) in [4.78, 5) is 17.9. The lowest BCUT2D eigenvalue weighted by atomic mass is 9.98. The number of ether oxygens (including phenoxy) is 3. The van der Waals surface area contributed by atoms with Gasteiger partial charge in [-0.3, -0.25) is 4.79 Å². The van der Waals surface area contributed by atoms with Gasteiger partial charge in [-0.25, -0.2) is 4.98 Å². The fourth-order valence-electron chi connectivity index (χ4n) is 4.28. The first kappa shape index (κ1) is 25.1. The molecule has 1 N–H and O–H groups in total. The summed E-state index contributed by atoms with van der Waals surface area (Å²) in [6.45, 7) is 5.38. The molecule has 0 aliphatic carbocycles. The molecule has 0 fully saturated rings. The molecule has 4 rings (SSSR count). The van der Waals surface area contributed by atoms with Crippen molar-refractivity contribution >= 4 is 16.9 Å². The van der Waals surface area contributed by atoms with E-state index in [0.717, 1.165) is 23.3 Å². The molecule has 7 nitrogen and oxygen atoms in total. The van der Waals surface area contributed by atoms with E-state index in [1.54, 1.807) is 12.1 Å². The van der Waals surface area contributed by atoms with Crippen LogP contribution in [0.2, 0.25) is 0 Å². The number of benzene rings is 3. The first-order valence-electron chi connectivity index (χ1n) is 12.1. The Bertz CT molecular complexity index is 1320. The lowest BCUT2D eigenvalue weighted by Crippen LogP contribution is -2.25. The maximum Gasteiger partial charge on any atom is 0.251 e. The summed E-state index contributed by atoms with van der Waals surface area (Å²) in [5.74, 6) is 2.35. The minimum absolute atomic E-state index is 0.259. The van der Waals surface area contributed by atoms with Gasteiger partial charge >= 0.3 is 0 Å². The van der Waals surface area contributed by atoms with Crippen LogP contribution in [-0.2, 0) is 13.1 Å². The molecule has 36 heavy (non-hydrogen) atoms. The Morgan fingerprint density at radius 3 is 2.25 bits per heavy atom. The first-order chi connectivity index (χ1) is 17.5. The summed E-state index contributed by atoms with van der Waals surface area (Å²) in [5, 5.41) is 3.00. The van der Waals surface area contributed by atoms with E-state index >= 15 is 0 Å². The molecule has 0 bridgehead atoms. The maximum absolute atomic E-state index is 13.1. The average Bonchev–Trinajstić information content (AvgIpc) is 3.27. The minimum Gasteiger partial charge on any atom is -0.493 e. The third kappa shape index (κ3) is 5.15. The number of hydrogen-bond acceptors (Lipinski definition) is 5. The molecular formula is C29H33N3O4. The number of amides is 1. The smallest absolute Gasteiger partial charge is 0.251 e. The number of aromatic nitrogens is 2. The van der Waals surface area contributed by atoms with E-state index in [-0.39, 0.29) is 12.5 Å². The van der Waals surface area contributed by atoms with Crippen molar-refractivity contribution in [1.82, 2.24) is 14.9 Å². The Kier molecular flexibility index (Phi) is 7.78.